The molecule has 166 valence electrons. The molecule has 4 rings (SSSR count). The molecular formula is C26H28N2O3S. The van der Waals surface area contributed by atoms with E-state index in [1.165, 1.54) is 4.31 Å². The number of carbonyl (C=O) groups excluding carboxylic acids is 1. The number of hydrogen-bond acceptors (Lipinski definition) is 3. The van der Waals surface area contributed by atoms with Crippen molar-refractivity contribution in [3.8, 4) is 0 Å². The molecule has 0 radical (unpaired) electrons. The zero-order valence-corrected chi connectivity index (χ0v) is 19.0. The quantitative estimate of drug-likeness (QED) is 0.611. The van der Waals surface area contributed by atoms with E-state index in [9.17, 15) is 13.2 Å². The van der Waals surface area contributed by atoms with Gasteiger partial charge in [-0.25, -0.2) is 8.42 Å². The molecule has 0 bridgehead atoms. The molecule has 1 saturated heterocycles. The third kappa shape index (κ3) is 4.76. The predicted molar refractivity (Wildman–Crippen MR) is 126 cm³/mol. The molecule has 1 amide bonds. The number of amides is 1. The van der Waals surface area contributed by atoms with E-state index in [1.807, 2.05) is 61.5 Å². The maximum Gasteiger partial charge on any atom is 0.243 e. The van der Waals surface area contributed by atoms with Crippen LogP contribution in [0.25, 0.3) is 0 Å². The number of nitrogens with zero attached hydrogens (tertiary/aromatic N) is 1. The van der Waals surface area contributed by atoms with Gasteiger partial charge in [-0.1, -0.05) is 72.8 Å². The first kappa shape index (κ1) is 22.2. The van der Waals surface area contributed by atoms with Crippen molar-refractivity contribution in [2.45, 2.75) is 30.7 Å². The van der Waals surface area contributed by atoms with E-state index in [0.717, 1.165) is 16.7 Å². The summed E-state index contributed by atoms with van der Waals surface area (Å²) in [4.78, 5) is 13.5. The minimum Gasteiger partial charge on any atom is -0.345 e. The minimum atomic E-state index is -3.52. The van der Waals surface area contributed by atoms with Gasteiger partial charge in [-0.2, -0.15) is 4.31 Å². The Morgan fingerprint density at radius 2 is 1.44 bits per heavy atom. The Morgan fingerprint density at radius 3 is 2.06 bits per heavy atom. The van der Waals surface area contributed by atoms with Crippen molar-refractivity contribution in [2.75, 3.05) is 13.1 Å². The summed E-state index contributed by atoms with van der Waals surface area (Å²) < 4.78 is 27.2. The number of benzene rings is 3. The molecule has 1 fully saturated rings. The highest BCUT2D eigenvalue weighted by atomic mass is 32.2. The van der Waals surface area contributed by atoms with E-state index in [1.54, 1.807) is 30.3 Å². The van der Waals surface area contributed by atoms with Crippen molar-refractivity contribution in [1.29, 1.82) is 0 Å². The third-order valence-electron chi connectivity index (χ3n) is 6.12. The van der Waals surface area contributed by atoms with Crippen LogP contribution in [0.15, 0.2) is 89.8 Å². The average Bonchev–Trinajstić information content (AvgIpc) is 2.84. The van der Waals surface area contributed by atoms with Crippen LogP contribution < -0.4 is 5.32 Å². The van der Waals surface area contributed by atoms with Gasteiger partial charge >= 0.3 is 0 Å². The Balaban J connectivity index is 1.47. The van der Waals surface area contributed by atoms with Gasteiger partial charge in [0, 0.05) is 19.0 Å². The van der Waals surface area contributed by atoms with Crippen LogP contribution in [0.4, 0.5) is 0 Å². The average molecular weight is 449 g/mol. The number of aryl methyl sites for hydroxylation is 1. The van der Waals surface area contributed by atoms with Crippen molar-refractivity contribution < 1.29 is 13.2 Å². The molecule has 0 unspecified atom stereocenters. The zero-order valence-electron chi connectivity index (χ0n) is 18.1. The van der Waals surface area contributed by atoms with Crippen LogP contribution in [0, 0.1) is 12.8 Å². The molecule has 0 aromatic heterocycles. The molecule has 0 spiro atoms. The summed E-state index contributed by atoms with van der Waals surface area (Å²) in [6.45, 7) is 2.73. The molecule has 32 heavy (non-hydrogen) atoms. The summed E-state index contributed by atoms with van der Waals surface area (Å²) in [6.07, 6.45) is 1.01. The predicted octanol–water partition coefficient (Wildman–Crippen LogP) is 4.30. The SMILES string of the molecule is Cc1ccccc1[C@@H](NC(=O)C1CCN(S(=O)(=O)c2ccccc2)CC1)c1ccccc1. The van der Waals surface area contributed by atoms with E-state index in [0.29, 0.717) is 30.8 Å². The van der Waals surface area contributed by atoms with Crippen LogP contribution in [0.3, 0.4) is 0 Å². The summed E-state index contributed by atoms with van der Waals surface area (Å²) in [5.74, 6) is -0.244. The summed E-state index contributed by atoms with van der Waals surface area (Å²) in [6, 6.07) is 26.2. The standard InChI is InChI=1S/C26H28N2O3S/c1-20-10-8-9-15-24(20)25(21-11-4-2-5-12-21)27-26(29)22-16-18-28(19-17-22)32(30,31)23-13-6-3-7-14-23/h2-15,22,25H,16-19H2,1H3,(H,27,29)/t25-/m0/s1. The lowest BCUT2D eigenvalue weighted by molar-refractivity contribution is -0.126. The highest BCUT2D eigenvalue weighted by molar-refractivity contribution is 7.89. The second-order valence-electron chi connectivity index (χ2n) is 8.20. The largest absolute Gasteiger partial charge is 0.345 e. The number of sulfonamides is 1. The summed E-state index contributed by atoms with van der Waals surface area (Å²) in [5.41, 5.74) is 3.21. The van der Waals surface area contributed by atoms with Gasteiger partial charge in [0.25, 0.3) is 0 Å². The molecular weight excluding hydrogens is 420 g/mol. The third-order valence-corrected chi connectivity index (χ3v) is 8.04. The molecule has 3 aromatic carbocycles. The van der Waals surface area contributed by atoms with E-state index in [-0.39, 0.29) is 17.9 Å². The van der Waals surface area contributed by atoms with Gasteiger partial charge in [-0.3, -0.25) is 4.79 Å². The Bertz CT molecular complexity index is 1160. The Hall–Kier alpha value is -2.96. The van der Waals surface area contributed by atoms with Gasteiger partial charge in [0.05, 0.1) is 10.9 Å². The van der Waals surface area contributed by atoms with E-state index in [2.05, 4.69) is 5.32 Å². The van der Waals surface area contributed by atoms with Crippen LogP contribution in [0.2, 0.25) is 0 Å². The smallest absolute Gasteiger partial charge is 0.243 e. The summed E-state index contributed by atoms with van der Waals surface area (Å²) in [7, 11) is -3.52. The topological polar surface area (TPSA) is 66.5 Å². The van der Waals surface area contributed by atoms with Gasteiger partial charge in [-0.15, -0.1) is 0 Å². The lowest BCUT2D eigenvalue weighted by atomic mass is 9.92. The monoisotopic (exact) mass is 448 g/mol. The first-order chi connectivity index (χ1) is 15.5. The number of rotatable bonds is 6. The van der Waals surface area contributed by atoms with Gasteiger partial charge in [0.2, 0.25) is 15.9 Å². The Morgan fingerprint density at radius 1 is 0.875 bits per heavy atom. The number of piperidine rings is 1. The Kier molecular flexibility index (Phi) is 6.72. The fourth-order valence-electron chi connectivity index (χ4n) is 4.26. The molecule has 1 aliphatic rings. The second-order valence-corrected chi connectivity index (χ2v) is 10.1. The highest BCUT2D eigenvalue weighted by Crippen LogP contribution is 2.28. The molecule has 1 N–H and O–H groups in total. The fourth-order valence-corrected chi connectivity index (χ4v) is 5.75. The molecule has 0 saturated carbocycles. The minimum absolute atomic E-state index is 0.0288. The molecule has 5 nitrogen and oxygen atoms in total. The number of carbonyl (C=O) groups is 1. The first-order valence-electron chi connectivity index (χ1n) is 10.9. The van der Waals surface area contributed by atoms with Gasteiger partial charge < -0.3 is 5.32 Å². The van der Waals surface area contributed by atoms with Gasteiger partial charge in [-0.05, 0) is 48.6 Å². The highest BCUT2D eigenvalue weighted by Gasteiger charge is 2.33. The molecule has 1 heterocycles. The normalized spacial score (nSPS) is 16.4. The van der Waals surface area contributed by atoms with Crippen molar-refractivity contribution in [3.63, 3.8) is 0 Å². The number of nitrogens with one attached hydrogen (secondary N) is 1. The Labute approximate surface area is 190 Å². The lowest BCUT2D eigenvalue weighted by Gasteiger charge is -2.32. The maximum absolute atomic E-state index is 13.2. The van der Waals surface area contributed by atoms with Gasteiger partial charge in [0.1, 0.15) is 0 Å². The van der Waals surface area contributed by atoms with Crippen molar-refractivity contribution in [2.24, 2.45) is 5.92 Å². The molecule has 3 aromatic rings. The molecule has 1 atom stereocenters. The maximum atomic E-state index is 13.2. The van der Waals surface area contributed by atoms with E-state index in [4.69, 9.17) is 0 Å². The molecule has 1 aliphatic heterocycles. The van der Waals surface area contributed by atoms with Crippen molar-refractivity contribution in [1.82, 2.24) is 9.62 Å². The van der Waals surface area contributed by atoms with Gasteiger partial charge in [0.15, 0.2) is 0 Å². The first-order valence-corrected chi connectivity index (χ1v) is 12.4. The van der Waals surface area contributed by atoms with Crippen LogP contribution in [0.1, 0.15) is 35.6 Å². The van der Waals surface area contributed by atoms with E-state index < -0.39 is 10.0 Å². The fraction of sp³-hybridized carbons (Fsp3) is 0.269. The van der Waals surface area contributed by atoms with Crippen molar-refractivity contribution >= 4 is 15.9 Å². The van der Waals surface area contributed by atoms with Crippen LogP contribution >= 0.6 is 0 Å². The lowest BCUT2D eigenvalue weighted by Crippen LogP contribution is -2.43. The number of hydrogen-bond donors (Lipinski definition) is 1. The summed E-state index contributed by atoms with van der Waals surface area (Å²) >= 11 is 0. The van der Waals surface area contributed by atoms with Crippen molar-refractivity contribution in [3.05, 3.63) is 102 Å². The molecule has 0 aliphatic carbocycles. The van der Waals surface area contributed by atoms with Crippen LogP contribution in [-0.2, 0) is 14.8 Å². The van der Waals surface area contributed by atoms with Crippen LogP contribution in [0.5, 0.6) is 0 Å². The van der Waals surface area contributed by atoms with E-state index >= 15 is 0 Å². The summed E-state index contributed by atoms with van der Waals surface area (Å²) in [5, 5.41) is 3.24. The molecule has 6 heteroatoms. The van der Waals surface area contributed by atoms with Crippen LogP contribution in [-0.4, -0.2) is 31.7 Å². The second kappa shape index (κ2) is 9.67. The zero-order chi connectivity index (χ0) is 22.6.